The molecule has 42 heavy (non-hydrogen) atoms. The molecule has 0 spiro atoms. The Balaban J connectivity index is 4.07. The third kappa shape index (κ3) is 12.0. The normalized spacial score (nSPS) is 28.5. The Labute approximate surface area is 241 Å². The van der Waals surface area contributed by atoms with Crippen molar-refractivity contribution in [1.29, 1.82) is 0 Å². The van der Waals surface area contributed by atoms with Crippen LogP contribution in [0.2, 0.25) is 0 Å². The molecule has 5 unspecified atom stereocenters. The monoisotopic (exact) mass is 672 g/mol. The van der Waals surface area contributed by atoms with Crippen LogP contribution in [0.25, 0.3) is 0 Å². The summed E-state index contributed by atoms with van der Waals surface area (Å²) < 4.78 is 69.0. The minimum absolute atomic E-state index is 0.216. The number of hydrogen-bond acceptors (Lipinski definition) is 15. The van der Waals surface area contributed by atoms with E-state index in [2.05, 4.69) is 0 Å². The number of ether oxygens (including phenoxy) is 3. The minimum Gasteiger partial charge on any atom is -0.455 e. The maximum Gasteiger partial charge on any atom is 0.353 e. The molecule has 1 saturated carbocycles. The Hall–Kier alpha value is -1.26. The highest BCUT2D eigenvalue weighted by Crippen LogP contribution is 2.54. The summed E-state index contributed by atoms with van der Waals surface area (Å²) in [4.78, 5) is 68.3. The van der Waals surface area contributed by atoms with Gasteiger partial charge in [-0.2, -0.15) is 0 Å². The number of aliphatic hydroxyl groups excluding tert-OH is 3. The van der Waals surface area contributed by atoms with Crippen molar-refractivity contribution in [2.24, 2.45) is 0 Å². The molecule has 1 aliphatic carbocycles. The summed E-state index contributed by atoms with van der Waals surface area (Å²) in [5.74, 6) is -3.02. The van der Waals surface area contributed by atoms with Crippen molar-refractivity contribution in [3.05, 3.63) is 0 Å². The Morgan fingerprint density at radius 2 is 0.714 bits per heavy atom. The van der Waals surface area contributed by atoms with E-state index in [1.807, 2.05) is 0 Å². The molecule has 1 rings (SSSR count). The van der Waals surface area contributed by atoms with E-state index in [0.29, 0.717) is 0 Å². The Morgan fingerprint density at radius 3 is 0.929 bits per heavy atom. The van der Waals surface area contributed by atoms with Gasteiger partial charge in [0.05, 0.1) is 0 Å². The number of rotatable bonds is 18. The Kier molecular flexibility index (Phi) is 16.0. The van der Waals surface area contributed by atoms with Gasteiger partial charge in [-0.15, -0.1) is 0 Å². The molecule has 0 aliphatic heterocycles. The predicted octanol–water partition coefficient (Wildman–Crippen LogP) is 0.697. The van der Waals surface area contributed by atoms with Crippen molar-refractivity contribution in [3.63, 3.8) is 0 Å². The van der Waals surface area contributed by atoms with E-state index in [1.54, 1.807) is 20.8 Å². The van der Waals surface area contributed by atoms with Crippen molar-refractivity contribution in [1.82, 2.24) is 0 Å². The van der Waals surface area contributed by atoms with Crippen LogP contribution in [0.3, 0.4) is 0 Å². The highest BCUT2D eigenvalue weighted by Gasteiger charge is 2.61. The average molecular weight is 672 g/mol. The number of esters is 3. The first-order valence-electron chi connectivity index (χ1n) is 12.9. The molecule has 0 aromatic heterocycles. The van der Waals surface area contributed by atoms with Gasteiger partial charge in [0, 0.05) is 19.3 Å². The first kappa shape index (κ1) is 38.8. The Bertz CT molecular complexity index is 993. The lowest BCUT2D eigenvalue weighted by Crippen LogP contribution is -2.68. The third-order valence-electron chi connectivity index (χ3n) is 5.50. The van der Waals surface area contributed by atoms with Crippen molar-refractivity contribution >= 4 is 40.7 Å². The van der Waals surface area contributed by atoms with E-state index in [1.165, 1.54) is 0 Å². The number of aliphatic hydroxyl groups is 3. The van der Waals surface area contributed by atoms with Gasteiger partial charge in [0.25, 0.3) is 0 Å². The minimum atomic E-state index is -5.13. The fraction of sp³-hybridized carbons (Fsp3) is 0.857. The van der Waals surface area contributed by atoms with Gasteiger partial charge in [0.2, 0.25) is 0 Å². The van der Waals surface area contributed by atoms with Gasteiger partial charge in [-0.1, -0.05) is 20.8 Å². The quantitative estimate of drug-likeness (QED) is 0.0663. The molecule has 9 atom stereocenters. The van der Waals surface area contributed by atoms with Crippen molar-refractivity contribution < 1.29 is 85.9 Å². The van der Waals surface area contributed by atoms with Gasteiger partial charge in [-0.25, -0.2) is 0 Å². The molecule has 21 heteroatoms. The van der Waals surface area contributed by atoms with Crippen LogP contribution in [0.4, 0.5) is 0 Å². The number of carbonyl (C=O) groups excluding carboxylic acids is 3. The molecular weight excluding hydrogens is 633 g/mol. The zero-order valence-electron chi connectivity index (χ0n) is 23.3. The molecule has 0 aromatic rings. The molecule has 0 amide bonds. The second-order valence-corrected chi connectivity index (χ2v) is 14.5. The summed E-state index contributed by atoms with van der Waals surface area (Å²) in [6, 6.07) is 0. The molecule has 0 radical (unpaired) electrons. The zero-order chi connectivity index (χ0) is 32.3. The van der Waals surface area contributed by atoms with Crippen LogP contribution in [-0.2, 0) is 55.9 Å². The lowest BCUT2D eigenvalue weighted by Gasteiger charge is -2.48. The maximum atomic E-state index is 12.7. The summed E-state index contributed by atoms with van der Waals surface area (Å²) >= 11 is 0. The second kappa shape index (κ2) is 17.3. The summed E-state index contributed by atoms with van der Waals surface area (Å²) in [5.41, 5.74) is 0. The van der Waals surface area contributed by atoms with Gasteiger partial charge in [-0.05, 0) is 19.3 Å². The Morgan fingerprint density at radius 1 is 0.500 bits per heavy atom. The summed E-state index contributed by atoms with van der Waals surface area (Å²) in [6.45, 7) is 4.77. The average Bonchev–Trinajstić information content (AvgIpc) is 2.90. The first-order chi connectivity index (χ1) is 19.5. The van der Waals surface area contributed by atoms with Gasteiger partial charge >= 0.3 is 40.7 Å². The fourth-order valence-electron chi connectivity index (χ4n) is 3.80. The van der Waals surface area contributed by atoms with E-state index >= 15 is 0 Å². The smallest absolute Gasteiger partial charge is 0.353 e. The van der Waals surface area contributed by atoms with Gasteiger partial charge in [0.1, 0.15) is 37.4 Å². The molecule has 1 aliphatic rings. The number of hydrogen-bond donors (Lipinski definition) is 6. The first-order valence-corrected chi connectivity index (χ1v) is 18.2. The van der Waals surface area contributed by atoms with Crippen LogP contribution in [0.5, 0.6) is 0 Å². The summed E-state index contributed by atoms with van der Waals surface area (Å²) in [6.07, 6.45) is -18.0. The van der Waals surface area contributed by atoms with Gasteiger partial charge in [0.15, 0.2) is 18.3 Å². The van der Waals surface area contributed by atoms with Crippen LogP contribution < -0.4 is 0 Å². The molecule has 0 aromatic carbocycles. The van der Waals surface area contributed by atoms with Crippen LogP contribution >= 0.6 is 22.8 Å². The van der Waals surface area contributed by atoms with Crippen LogP contribution in [0.15, 0.2) is 0 Å². The largest absolute Gasteiger partial charge is 0.455 e. The molecule has 18 nitrogen and oxygen atoms in total. The van der Waals surface area contributed by atoms with Crippen LogP contribution in [0, 0.1) is 0 Å². The van der Waals surface area contributed by atoms with E-state index in [0.717, 1.165) is 0 Å². The van der Waals surface area contributed by atoms with E-state index in [9.17, 15) is 58.1 Å². The molecule has 0 saturated heterocycles. The standard InChI is InChI=1S/C21H39O18P3/c1-4-7-13(25)34-16-17(35-14(26)8-5-2)19(37-40(28,29)10-22)21(39-42(32,33)12-24)20(38-41(30,31)11-23)18(16)36-15(27)9-6-3/h16-24H,4-12H2,1-3H3,(H,28,29)(H,30,31)(H,32,33)/t16?,17-,18+,19-,20-,21?/m0/s1. The van der Waals surface area contributed by atoms with E-state index in [-0.39, 0.29) is 38.5 Å². The van der Waals surface area contributed by atoms with Gasteiger partial charge < -0.3 is 44.2 Å². The molecule has 1 fully saturated rings. The van der Waals surface area contributed by atoms with Crippen molar-refractivity contribution in [3.8, 4) is 0 Å². The highest BCUT2D eigenvalue weighted by molar-refractivity contribution is 7.53. The second-order valence-electron chi connectivity index (χ2n) is 9.16. The fourth-order valence-corrected chi connectivity index (χ4v) is 5.86. The SMILES string of the molecule is CCCC(=O)OC1[C@@H](OC(=O)CCC)[C@H](OP(=O)(O)CO)C(OP(=O)(O)CO)[C@@H](OP(=O)(O)CO)[C@H]1OC(=O)CCC. The van der Waals surface area contributed by atoms with E-state index < -0.39 is 96.4 Å². The molecule has 246 valence electrons. The lowest BCUT2D eigenvalue weighted by molar-refractivity contribution is -0.238. The predicted molar refractivity (Wildman–Crippen MR) is 140 cm³/mol. The molecular formula is C21H39O18P3. The van der Waals surface area contributed by atoms with E-state index in [4.69, 9.17) is 27.8 Å². The number of carbonyl (C=O) groups is 3. The third-order valence-corrected chi connectivity index (χ3v) is 8.29. The summed E-state index contributed by atoms with van der Waals surface area (Å²) in [5, 5.41) is 28.2. The zero-order valence-corrected chi connectivity index (χ0v) is 25.9. The van der Waals surface area contributed by atoms with Crippen molar-refractivity contribution in [2.45, 2.75) is 95.9 Å². The lowest BCUT2D eigenvalue weighted by atomic mass is 9.84. The maximum absolute atomic E-state index is 12.7. The molecule has 6 N–H and O–H groups in total. The van der Waals surface area contributed by atoms with Crippen LogP contribution in [-0.4, -0.2) is 104 Å². The van der Waals surface area contributed by atoms with Crippen molar-refractivity contribution in [2.75, 3.05) is 19.0 Å². The topological polar surface area (TPSA) is 279 Å². The molecule has 0 bridgehead atoms. The molecule has 0 heterocycles. The highest BCUT2D eigenvalue weighted by atomic mass is 31.2. The summed E-state index contributed by atoms with van der Waals surface area (Å²) in [7, 11) is -15.3. The van der Waals surface area contributed by atoms with Crippen LogP contribution in [0.1, 0.15) is 59.3 Å². The van der Waals surface area contributed by atoms with Gasteiger partial charge in [-0.3, -0.25) is 41.6 Å².